The molecule has 9 heteroatoms. The number of halogens is 3. The Bertz CT molecular complexity index is 925. The first-order valence-corrected chi connectivity index (χ1v) is 10.9. The van der Waals surface area contributed by atoms with Crippen LogP contribution >= 0.6 is 0 Å². The van der Waals surface area contributed by atoms with Crippen LogP contribution in [0.2, 0.25) is 0 Å². The Kier molecular flexibility index (Phi) is 9.35. The molecule has 2 rings (SSSR count). The van der Waals surface area contributed by atoms with Crippen molar-refractivity contribution in [1.82, 2.24) is 5.32 Å². The molecule has 34 heavy (non-hydrogen) atoms. The highest BCUT2D eigenvalue weighted by Crippen LogP contribution is 2.32. The van der Waals surface area contributed by atoms with Gasteiger partial charge in [-0.1, -0.05) is 18.2 Å². The van der Waals surface area contributed by atoms with Crippen molar-refractivity contribution >= 4 is 6.09 Å². The third-order valence-corrected chi connectivity index (χ3v) is 4.93. The van der Waals surface area contributed by atoms with Gasteiger partial charge in [-0.25, -0.2) is 4.79 Å². The van der Waals surface area contributed by atoms with Crippen LogP contribution in [0, 0.1) is 0 Å². The Hall–Kier alpha value is -2.78. The summed E-state index contributed by atoms with van der Waals surface area (Å²) < 4.78 is 54.7. The summed E-state index contributed by atoms with van der Waals surface area (Å²) in [6.45, 7) is 5.06. The first-order valence-electron chi connectivity index (χ1n) is 10.9. The zero-order chi connectivity index (χ0) is 25.4. The third-order valence-electron chi connectivity index (χ3n) is 4.93. The molecule has 0 saturated carbocycles. The van der Waals surface area contributed by atoms with E-state index in [-0.39, 0.29) is 19.0 Å². The van der Waals surface area contributed by atoms with Crippen LogP contribution in [0.25, 0.3) is 0 Å². The molecular weight excluding hydrogens is 451 g/mol. The molecule has 0 bridgehead atoms. The fourth-order valence-corrected chi connectivity index (χ4v) is 3.36. The molecule has 0 aromatic heterocycles. The number of aliphatic hydroxyl groups excluding tert-OH is 1. The summed E-state index contributed by atoms with van der Waals surface area (Å²) in [7, 11) is 1.49. The highest BCUT2D eigenvalue weighted by molar-refractivity contribution is 5.68. The van der Waals surface area contributed by atoms with Gasteiger partial charge in [-0.15, -0.1) is 0 Å². The molecule has 1 atom stereocenters. The lowest BCUT2D eigenvalue weighted by molar-refractivity contribution is -0.137. The predicted molar refractivity (Wildman–Crippen MR) is 122 cm³/mol. The number of aryl methyl sites for hydroxylation is 1. The molecule has 0 aliphatic rings. The molecule has 0 spiro atoms. The molecule has 0 radical (unpaired) electrons. The summed E-state index contributed by atoms with van der Waals surface area (Å²) >= 11 is 0. The van der Waals surface area contributed by atoms with E-state index in [0.717, 1.165) is 17.7 Å². The molecule has 1 unspecified atom stereocenters. The number of ether oxygens (including phenoxy) is 3. The topological polar surface area (TPSA) is 77.0 Å². The van der Waals surface area contributed by atoms with Crippen molar-refractivity contribution in [2.45, 2.75) is 57.3 Å². The third kappa shape index (κ3) is 8.87. The lowest BCUT2D eigenvalue weighted by Crippen LogP contribution is -2.55. The van der Waals surface area contributed by atoms with Crippen molar-refractivity contribution in [3.63, 3.8) is 0 Å². The maximum absolute atomic E-state index is 12.9. The predicted octanol–water partition coefficient (Wildman–Crippen LogP) is 5.72. The van der Waals surface area contributed by atoms with E-state index in [1.165, 1.54) is 19.2 Å². The van der Waals surface area contributed by atoms with Gasteiger partial charge in [0.1, 0.15) is 17.1 Å². The van der Waals surface area contributed by atoms with Crippen molar-refractivity contribution in [1.29, 1.82) is 0 Å². The highest BCUT2D eigenvalue weighted by Gasteiger charge is 2.33. The lowest BCUT2D eigenvalue weighted by Gasteiger charge is -2.33. The zero-order valence-electron chi connectivity index (χ0n) is 19.9. The van der Waals surface area contributed by atoms with E-state index in [1.54, 1.807) is 32.9 Å². The first-order chi connectivity index (χ1) is 15.9. The number of amides is 1. The molecule has 0 heterocycles. The minimum atomic E-state index is -4.44. The molecule has 2 aromatic carbocycles. The maximum Gasteiger partial charge on any atom is 0.416 e. The van der Waals surface area contributed by atoms with E-state index >= 15 is 0 Å². The molecule has 188 valence electrons. The fraction of sp³-hybridized carbons (Fsp3) is 0.480. The second-order valence-electron chi connectivity index (χ2n) is 9.12. The van der Waals surface area contributed by atoms with Gasteiger partial charge < -0.3 is 24.6 Å². The van der Waals surface area contributed by atoms with E-state index in [1.807, 2.05) is 12.1 Å². The van der Waals surface area contributed by atoms with E-state index < -0.39 is 29.0 Å². The average Bonchev–Trinajstić information content (AvgIpc) is 2.73. The van der Waals surface area contributed by atoms with Gasteiger partial charge in [-0.05, 0) is 75.9 Å². The molecule has 2 N–H and O–H groups in total. The fourth-order valence-electron chi connectivity index (χ4n) is 3.36. The molecule has 0 aliphatic carbocycles. The molecule has 1 amide bonds. The van der Waals surface area contributed by atoms with Crippen LogP contribution in [-0.2, 0) is 22.1 Å². The zero-order valence-corrected chi connectivity index (χ0v) is 19.9. The summed E-state index contributed by atoms with van der Waals surface area (Å²) in [5, 5.41) is 12.7. The standard InChI is InChI=1S/C25H32F3NO5/c1-23(2,3)34-22(31)29-24(16-30,17-32-4)14-6-7-18-10-12-20(13-11-18)33-21-9-5-8-19(15-21)25(26,27)28/h5,8-13,15,30H,6-7,14,16-17H2,1-4H3,(H,29,31). The number of nitrogens with one attached hydrogen (secondary N) is 1. The van der Waals surface area contributed by atoms with Crippen LogP contribution in [0.5, 0.6) is 11.5 Å². The van der Waals surface area contributed by atoms with Crippen molar-refractivity contribution < 1.29 is 37.3 Å². The van der Waals surface area contributed by atoms with Crippen molar-refractivity contribution in [2.75, 3.05) is 20.3 Å². The number of benzene rings is 2. The van der Waals surface area contributed by atoms with Gasteiger partial charge in [0.15, 0.2) is 0 Å². The Morgan fingerprint density at radius 3 is 2.26 bits per heavy atom. The molecular formula is C25H32F3NO5. The highest BCUT2D eigenvalue weighted by atomic mass is 19.4. The molecule has 0 saturated heterocycles. The average molecular weight is 484 g/mol. The number of hydrogen-bond donors (Lipinski definition) is 2. The van der Waals surface area contributed by atoms with Gasteiger partial charge in [0, 0.05) is 7.11 Å². The summed E-state index contributed by atoms with van der Waals surface area (Å²) in [6, 6.07) is 11.7. The monoisotopic (exact) mass is 483 g/mol. The number of carbonyl (C=O) groups excluding carboxylic acids is 1. The van der Waals surface area contributed by atoms with Gasteiger partial charge in [0.05, 0.1) is 24.3 Å². The van der Waals surface area contributed by atoms with Crippen molar-refractivity contribution in [2.24, 2.45) is 0 Å². The van der Waals surface area contributed by atoms with Crippen LogP contribution in [0.3, 0.4) is 0 Å². The quantitative estimate of drug-likeness (QED) is 0.452. The lowest BCUT2D eigenvalue weighted by atomic mass is 9.93. The minimum absolute atomic E-state index is 0.100. The molecule has 0 aliphatic heterocycles. The SMILES string of the molecule is COCC(CO)(CCCc1ccc(Oc2cccc(C(F)(F)F)c2)cc1)NC(=O)OC(C)(C)C. The van der Waals surface area contributed by atoms with Crippen molar-refractivity contribution in [3.8, 4) is 11.5 Å². The molecule has 0 fully saturated rings. The first kappa shape index (κ1) is 27.5. The van der Waals surface area contributed by atoms with Gasteiger partial charge in [0.2, 0.25) is 0 Å². The number of aliphatic hydroxyl groups is 1. The van der Waals surface area contributed by atoms with Crippen LogP contribution in [-0.4, -0.2) is 42.7 Å². The molecule has 2 aromatic rings. The maximum atomic E-state index is 12.9. The molecule has 6 nitrogen and oxygen atoms in total. The summed E-state index contributed by atoms with van der Waals surface area (Å²) in [5.74, 6) is 0.516. The summed E-state index contributed by atoms with van der Waals surface area (Å²) in [5.41, 5.74) is -1.46. The number of rotatable bonds is 10. The Morgan fingerprint density at radius 1 is 1.03 bits per heavy atom. The van der Waals surface area contributed by atoms with E-state index in [9.17, 15) is 23.1 Å². The second-order valence-corrected chi connectivity index (χ2v) is 9.12. The van der Waals surface area contributed by atoms with Crippen molar-refractivity contribution in [3.05, 3.63) is 59.7 Å². The van der Waals surface area contributed by atoms with Gasteiger partial charge in [-0.2, -0.15) is 13.2 Å². The Labute approximate surface area is 198 Å². The second kappa shape index (κ2) is 11.6. The number of hydrogen-bond acceptors (Lipinski definition) is 5. The van der Waals surface area contributed by atoms with Gasteiger partial charge >= 0.3 is 12.3 Å². The number of alkyl halides is 3. The van der Waals surface area contributed by atoms with Crippen LogP contribution in [0.1, 0.15) is 44.7 Å². The summed E-state index contributed by atoms with van der Waals surface area (Å²) in [4.78, 5) is 12.2. The minimum Gasteiger partial charge on any atom is -0.457 e. The summed E-state index contributed by atoms with van der Waals surface area (Å²) in [6.07, 6.45) is -3.35. The number of alkyl carbamates (subject to hydrolysis) is 1. The normalized spacial score (nSPS) is 13.8. The number of carbonyl (C=O) groups is 1. The van der Waals surface area contributed by atoms with E-state index in [4.69, 9.17) is 14.2 Å². The van der Waals surface area contributed by atoms with Crippen LogP contribution in [0.4, 0.5) is 18.0 Å². The number of methoxy groups -OCH3 is 1. The largest absolute Gasteiger partial charge is 0.457 e. The Morgan fingerprint density at radius 2 is 1.71 bits per heavy atom. The van der Waals surface area contributed by atoms with Crippen LogP contribution in [0.15, 0.2) is 48.5 Å². The van der Waals surface area contributed by atoms with E-state index in [2.05, 4.69) is 5.32 Å². The smallest absolute Gasteiger partial charge is 0.416 e. The Balaban J connectivity index is 1.96. The van der Waals surface area contributed by atoms with Gasteiger partial charge in [0.25, 0.3) is 0 Å². The van der Waals surface area contributed by atoms with Gasteiger partial charge in [-0.3, -0.25) is 0 Å². The van der Waals surface area contributed by atoms with Crippen LogP contribution < -0.4 is 10.1 Å². The van der Waals surface area contributed by atoms with E-state index in [0.29, 0.717) is 25.0 Å².